The van der Waals surface area contributed by atoms with Crippen LogP contribution in [0.1, 0.15) is 27.2 Å². The summed E-state index contributed by atoms with van der Waals surface area (Å²) in [6.45, 7) is 7.26. The average molecular weight is 146 g/mol. The zero-order chi connectivity index (χ0) is 7.98. The SMILES string of the molecule is CCCOCC(O)C(C)C. The molecule has 62 valence electrons. The molecule has 0 spiro atoms. The predicted octanol–water partition coefficient (Wildman–Crippen LogP) is 1.43. The van der Waals surface area contributed by atoms with Crippen LogP contribution in [0.25, 0.3) is 0 Å². The Bertz CT molecular complexity index is 71.7. The van der Waals surface area contributed by atoms with Crippen LogP contribution in [0.5, 0.6) is 0 Å². The first-order valence-electron chi connectivity index (χ1n) is 3.94. The van der Waals surface area contributed by atoms with Crippen molar-refractivity contribution in [2.75, 3.05) is 13.2 Å². The number of hydrogen-bond acceptors (Lipinski definition) is 2. The van der Waals surface area contributed by atoms with Crippen LogP contribution < -0.4 is 0 Å². The Morgan fingerprint density at radius 1 is 1.40 bits per heavy atom. The zero-order valence-corrected chi connectivity index (χ0v) is 7.13. The van der Waals surface area contributed by atoms with Gasteiger partial charge in [-0.2, -0.15) is 0 Å². The first-order valence-corrected chi connectivity index (χ1v) is 3.94. The fourth-order valence-corrected chi connectivity index (χ4v) is 0.541. The molecule has 0 aliphatic heterocycles. The van der Waals surface area contributed by atoms with Crippen LogP contribution in [0.2, 0.25) is 0 Å². The van der Waals surface area contributed by atoms with E-state index in [1.54, 1.807) is 0 Å². The summed E-state index contributed by atoms with van der Waals surface area (Å²) < 4.78 is 5.16. The van der Waals surface area contributed by atoms with E-state index >= 15 is 0 Å². The van der Waals surface area contributed by atoms with Crippen molar-refractivity contribution in [2.45, 2.75) is 33.3 Å². The van der Waals surface area contributed by atoms with Gasteiger partial charge >= 0.3 is 0 Å². The lowest BCUT2D eigenvalue weighted by molar-refractivity contribution is 0.0134. The largest absolute Gasteiger partial charge is 0.390 e. The number of rotatable bonds is 5. The zero-order valence-electron chi connectivity index (χ0n) is 7.13. The van der Waals surface area contributed by atoms with Gasteiger partial charge in [0, 0.05) is 6.61 Å². The quantitative estimate of drug-likeness (QED) is 0.594. The van der Waals surface area contributed by atoms with Crippen LogP contribution >= 0.6 is 0 Å². The van der Waals surface area contributed by atoms with Crippen molar-refractivity contribution < 1.29 is 9.84 Å². The van der Waals surface area contributed by atoms with E-state index in [1.807, 2.05) is 13.8 Å². The van der Waals surface area contributed by atoms with Crippen molar-refractivity contribution in [3.63, 3.8) is 0 Å². The van der Waals surface area contributed by atoms with E-state index in [0.29, 0.717) is 12.5 Å². The van der Waals surface area contributed by atoms with Crippen LogP contribution in [0.15, 0.2) is 0 Å². The fraction of sp³-hybridized carbons (Fsp3) is 1.00. The molecule has 0 aromatic rings. The van der Waals surface area contributed by atoms with Crippen molar-refractivity contribution >= 4 is 0 Å². The van der Waals surface area contributed by atoms with Crippen LogP contribution in [-0.2, 0) is 4.74 Å². The van der Waals surface area contributed by atoms with E-state index in [9.17, 15) is 5.11 Å². The fourth-order valence-electron chi connectivity index (χ4n) is 0.541. The Hall–Kier alpha value is -0.0800. The Morgan fingerprint density at radius 2 is 2.00 bits per heavy atom. The molecule has 0 heterocycles. The molecule has 0 saturated carbocycles. The van der Waals surface area contributed by atoms with Crippen LogP contribution in [-0.4, -0.2) is 24.4 Å². The lowest BCUT2D eigenvalue weighted by atomic mass is 10.1. The second-order valence-electron chi connectivity index (χ2n) is 2.89. The minimum absolute atomic E-state index is 0.299. The van der Waals surface area contributed by atoms with Gasteiger partial charge in [0.25, 0.3) is 0 Å². The van der Waals surface area contributed by atoms with E-state index in [0.717, 1.165) is 13.0 Å². The molecule has 0 radical (unpaired) electrons. The molecular formula is C8H18O2. The second-order valence-corrected chi connectivity index (χ2v) is 2.89. The van der Waals surface area contributed by atoms with Crippen molar-refractivity contribution in [1.82, 2.24) is 0 Å². The third-order valence-electron chi connectivity index (χ3n) is 1.41. The van der Waals surface area contributed by atoms with Crippen LogP contribution in [0, 0.1) is 5.92 Å². The number of ether oxygens (including phenoxy) is 1. The van der Waals surface area contributed by atoms with Gasteiger partial charge in [-0.1, -0.05) is 20.8 Å². The molecule has 1 N–H and O–H groups in total. The van der Waals surface area contributed by atoms with E-state index in [1.165, 1.54) is 0 Å². The average Bonchev–Trinajstić information content (AvgIpc) is 1.88. The molecule has 1 atom stereocenters. The van der Waals surface area contributed by atoms with Gasteiger partial charge in [0.15, 0.2) is 0 Å². The minimum atomic E-state index is -0.299. The number of aliphatic hydroxyl groups is 1. The standard InChI is InChI=1S/C8H18O2/c1-4-5-10-6-8(9)7(2)3/h7-9H,4-6H2,1-3H3. The predicted molar refractivity (Wildman–Crippen MR) is 42.0 cm³/mol. The van der Waals surface area contributed by atoms with Gasteiger partial charge in [0.1, 0.15) is 0 Å². The Balaban J connectivity index is 3.13. The normalized spacial score (nSPS) is 14.1. The van der Waals surface area contributed by atoms with Gasteiger partial charge in [-0.3, -0.25) is 0 Å². The summed E-state index contributed by atoms with van der Waals surface area (Å²) in [6.07, 6.45) is 0.719. The van der Waals surface area contributed by atoms with Crippen molar-refractivity contribution in [3.8, 4) is 0 Å². The highest BCUT2D eigenvalue weighted by atomic mass is 16.5. The van der Waals surface area contributed by atoms with Crippen LogP contribution in [0.3, 0.4) is 0 Å². The van der Waals surface area contributed by atoms with Gasteiger partial charge in [0.05, 0.1) is 12.7 Å². The molecule has 2 heteroatoms. The highest BCUT2D eigenvalue weighted by Crippen LogP contribution is 2.00. The molecular weight excluding hydrogens is 128 g/mol. The van der Waals surface area contributed by atoms with Gasteiger partial charge in [-0.15, -0.1) is 0 Å². The maximum absolute atomic E-state index is 9.23. The molecule has 0 aromatic carbocycles. The van der Waals surface area contributed by atoms with E-state index in [2.05, 4.69) is 6.92 Å². The Kier molecular flexibility index (Phi) is 5.64. The lowest BCUT2D eigenvalue weighted by Crippen LogP contribution is -2.21. The summed E-state index contributed by atoms with van der Waals surface area (Å²) in [7, 11) is 0. The molecule has 0 fully saturated rings. The molecule has 0 rings (SSSR count). The minimum Gasteiger partial charge on any atom is -0.390 e. The Morgan fingerprint density at radius 3 is 2.40 bits per heavy atom. The molecule has 1 unspecified atom stereocenters. The molecule has 10 heavy (non-hydrogen) atoms. The molecule has 0 bridgehead atoms. The van der Waals surface area contributed by atoms with E-state index in [4.69, 9.17) is 4.74 Å². The smallest absolute Gasteiger partial charge is 0.0796 e. The lowest BCUT2D eigenvalue weighted by Gasteiger charge is -2.13. The molecule has 0 amide bonds. The summed E-state index contributed by atoms with van der Waals surface area (Å²) >= 11 is 0. The molecule has 2 nitrogen and oxygen atoms in total. The van der Waals surface area contributed by atoms with E-state index in [-0.39, 0.29) is 6.10 Å². The molecule has 0 aromatic heterocycles. The maximum atomic E-state index is 9.23. The van der Waals surface area contributed by atoms with Gasteiger partial charge in [-0.25, -0.2) is 0 Å². The first-order chi connectivity index (χ1) is 4.68. The third kappa shape index (κ3) is 4.77. The molecule has 0 aliphatic rings. The summed E-state index contributed by atoms with van der Waals surface area (Å²) in [5, 5.41) is 9.23. The summed E-state index contributed by atoms with van der Waals surface area (Å²) in [4.78, 5) is 0. The number of aliphatic hydroxyl groups excluding tert-OH is 1. The third-order valence-corrected chi connectivity index (χ3v) is 1.41. The topological polar surface area (TPSA) is 29.5 Å². The van der Waals surface area contributed by atoms with Crippen LogP contribution in [0.4, 0.5) is 0 Å². The van der Waals surface area contributed by atoms with Gasteiger partial charge in [-0.05, 0) is 12.3 Å². The van der Waals surface area contributed by atoms with E-state index < -0.39 is 0 Å². The highest BCUT2D eigenvalue weighted by Gasteiger charge is 2.07. The molecule has 0 saturated heterocycles. The van der Waals surface area contributed by atoms with Crippen molar-refractivity contribution in [3.05, 3.63) is 0 Å². The second kappa shape index (κ2) is 5.69. The monoisotopic (exact) mass is 146 g/mol. The van der Waals surface area contributed by atoms with Crippen molar-refractivity contribution in [1.29, 1.82) is 0 Å². The highest BCUT2D eigenvalue weighted by molar-refractivity contribution is 4.57. The summed E-state index contributed by atoms with van der Waals surface area (Å²) in [5.74, 6) is 0.303. The molecule has 0 aliphatic carbocycles. The van der Waals surface area contributed by atoms with Gasteiger partial charge < -0.3 is 9.84 Å². The summed E-state index contributed by atoms with van der Waals surface area (Å²) in [6, 6.07) is 0. The maximum Gasteiger partial charge on any atom is 0.0796 e. The Labute approximate surface area is 63.2 Å². The van der Waals surface area contributed by atoms with Crippen molar-refractivity contribution in [2.24, 2.45) is 5.92 Å². The number of hydrogen-bond donors (Lipinski definition) is 1. The summed E-state index contributed by atoms with van der Waals surface area (Å²) in [5.41, 5.74) is 0. The first kappa shape index (κ1) is 9.92. The van der Waals surface area contributed by atoms with Gasteiger partial charge in [0.2, 0.25) is 0 Å².